The first-order valence-corrected chi connectivity index (χ1v) is 5.70. The number of benzene rings is 1. The summed E-state index contributed by atoms with van der Waals surface area (Å²) in [6, 6.07) is 1.81. The zero-order valence-electron chi connectivity index (χ0n) is 9.51. The number of aromatic hydroxyl groups is 1. The molecule has 0 amide bonds. The van der Waals surface area contributed by atoms with E-state index in [-0.39, 0.29) is 11.2 Å². The van der Waals surface area contributed by atoms with E-state index in [4.69, 9.17) is 22.1 Å². The number of hydrogen-bond acceptors (Lipinski definition) is 3. The second-order valence-electron chi connectivity index (χ2n) is 4.42. The molecule has 4 heteroatoms. The highest BCUT2D eigenvalue weighted by Crippen LogP contribution is 2.54. The standard InChI is InChI=1S/C12H16ClNO2/c1-7-5-8(16-2)11(15)10(13)9(7)12(6-14)3-4-12/h5,15H,3-4,6,14H2,1-2H3. The van der Waals surface area contributed by atoms with Crippen molar-refractivity contribution >= 4 is 11.6 Å². The molecule has 16 heavy (non-hydrogen) atoms. The second kappa shape index (κ2) is 3.82. The van der Waals surface area contributed by atoms with Gasteiger partial charge >= 0.3 is 0 Å². The van der Waals surface area contributed by atoms with Crippen LogP contribution in [-0.4, -0.2) is 18.8 Å². The number of halogens is 1. The van der Waals surface area contributed by atoms with Gasteiger partial charge in [-0.3, -0.25) is 0 Å². The molecule has 3 N–H and O–H groups in total. The number of nitrogens with two attached hydrogens (primary N) is 1. The fourth-order valence-electron chi connectivity index (χ4n) is 2.25. The molecule has 0 radical (unpaired) electrons. The lowest BCUT2D eigenvalue weighted by molar-refractivity contribution is 0.372. The summed E-state index contributed by atoms with van der Waals surface area (Å²) >= 11 is 6.20. The molecule has 2 rings (SSSR count). The van der Waals surface area contributed by atoms with Crippen molar-refractivity contribution in [3.8, 4) is 11.5 Å². The highest BCUT2D eigenvalue weighted by Gasteiger charge is 2.46. The van der Waals surface area contributed by atoms with Gasteiger partial charge in [0.15, 0.2) is 11.5 Å². The van der Waals surface area contributed by atoms with Gasteiger partial charge in [0.05, 0.1) is 12.1 Å². The molecule has 0 bridgehead atoms. The van der Waals surface area contributed by atoms with Crippen molar-refractivity contribution in [1.82, 2.24) is 0 Å². The zero-order chi connectivity index (χ0) is 11.9. The van der Waals surface area contributed by atoms with Gasteiger partial charge in [-0.2, -0.15) is 0 Å². The quantitative estimate of drug-likeness (QED) is 0.854. The summed E-state index contributed by atoms with van der Waals surface area (Å²) in [7, 11) is 1.51. The normalized spacial score (nSPS) is 17.2. The molecule has 1 aliphatic rings. The van der Waals surface area contributed by atoms with Crippen molar-refractivity contribution in [3.63, 3.8) is 0 Å². The molecular weight excluding hydrogens is 226 g/mol. The van der Waals surface area contributed by atoms with Crippen LogP contribution in [0.3, 0.4) is 0 Å². The van der Waals surface area contributed by atoms with E-state index in [9.17, 15) is 5.11 Å². The second-order valence-corrected chi connectivity index (χ2v) is 4.80. The number of ether oxygens (including phenoxy) is 1. The van der Waals surface area contributed by atoms with Crippen LogP contribution in [0.5, 0.6) is 11.5 Å². The van der Waals surface area contributed by atoms with E-state index in [2.05, 4.69) is 0 Å². The molecule has 0 aliphatic heterocycles. The van der Waals surface area contributed by atoms with Crippen molar-refractivity contribution in [1.29, 1.82) is 0 Å². The summed E-state index contributed by atoms with van der Waals surface area (Å²) in [5, 5.41) is 10.3. The maximum Gasteiger partial charge on any atom is 0.177 e. The number of phenols is 1. The van der Waals surface area contributed by atoms with E-state index in [0.717, 1.165) is 24.0 Å². The Kier molecular flexibility index (Phi) is 2.76. The molecule has 0 atom stereocenters. The average molecular weight is 242 g/mol. The minimum absolute atomic E-state index is 0.0180. The van der Waals surface area contributed by atoms with Gasteiger partial charge in [0, 0.05) is 12.0 Å². The topological polar surface area (TPSA) is 55.5 Å². The average Bonchev–Trinajstić information content (AvgIpc) is 3.04. The Hall–Kier alpha value is -0.930. The summed E-state index contributed by atoms with van der Waals surface area (Å²) in [6.45, 7) is 2.54. The smallest absolute Gasteiger partial charge is 0.177 e. The highest BCUT2D eigenvalue weighted by molar-refractivity contribution is 6.33. The third-order valence-electron chi connectivity index (χ3n) is 3.40. The number of hydrogen-bond donors (Lipinski definition) is 2. The Bertz CT molecular complexity index is 428. The first-order chi connectivity index (χ1) is 7.55. The molecule has 1 fully saturated rings. The SMILES string of the molecule is COc1cc(C)c(C2(CN)CC2)c(Cl)c1O. The van der Waals surface area contributed by atoms with Gasteiger partial charge in [-0.15, -0.1) is 0 Å². The van der Waals surface area contributed by atoms with Crippen LogP contribution in [-0.2, 0) is 5.41 Å². The summed E-state index contributed by atoms with van der Waals surface area (Å²) in [5.41, 5.74) is 7.78. The van der Waals surface area contributed by atoms with Gasteiger partial charge in [-0.25, -0.2) is 0 Å². The summed E-state index contributed by atoms with van der Waals surface area (Å²) in [5.74, 6) is 0.434. The fraction of sp³-hybridized carbons (Fsp3) is 0.500. The maximum absolute atomic E-state index is 9.89. The van der Waals surface area contributed by atoms with Crippen LogP contribution in [0.1, 0.15) is 24.0 Å². The molecule has 1 saturated carbocycles. The predicted octanol–water partition coefficient (Wildman–Crippen LogP) is 2.35. The van der Waals surface area contributed by atoms with Crippen LogP contribution in [0, 0.1) is 6.92 Å². The van der Waals surface area contributed by atoms with E-state index in [1.807, 2.05) is 13.0 Å². The van der Waals surface area contributed by atoms with Crippen LogP contribution < -0.4 is 10.5 Å². The molecule has 0 spiro atoms. The highest BCUT2D eigenvalue weighted by atomic mass is 35.5. The van der Waals surface area contributed by atoms with E-state index in [1.54, 1.807) is 0 Å². The number of aryl methyl sites for hydroxylation is 1. The Morgan fingerprint density at radius 1 is 1.56 bits per heavy atom. The van der Waals surface area contributed by atoms with Crippen LogP contribution >= 0.6 is 11.6 Å². The first kappa shape index (κ1) is 11.6. The largest absolute Gasteiger partial charge is 0.503 e. The zero-order valence-corrected chi connectivity index (χ0v) is 10.3. The van der Waals surface area contributed by atoms with E-state index >= 15 is 0 Å². The molecule has 3 nitrogen and oxygen atoms in total. The van der Waals surface area contributed by atoms with Crippen LogP contribution in [0.25, 0.3) is 0 Å². The van der Waals surface area contributed by atoms with Crippen molar-refractivity contribution < 1.29 is 9.84 Å². The minimum Gasteiger partial charge on any atom is -0.503 e. The molecule has 0 aromatic heterocycles. The van der Waals surface area contributed by atoms with E-state index in [1.165, 1.54) is 7.11 Å². The number of phenolic OH excluding ortho intramolecular Hbond substituents is 1. The Balaban J connectivity index is 2.59. The molecule has 0 saturated heterocycles. The summed E-state index contributed by atoms with van der Waals surface area (Å²) in [6.07, 6.45) is 2.08. The Labute approximate surface area is 100 Å². The van der Waals surface area contributed by atoms with Gasteiger partial charge in [0.1, 0.15) is 0 Å². The molecule has 0 unspecified atom stereocenters. The predicted molar refractivity (Wildman–Crippen MR) is 64.4 cm³/mol. The molecule has 1 aromatic rings. The lowest BCUT2D eigenvalue weighted by Gasteiger charge is -2.20. The third-order valence-corrected chi connectivity index (χ3v) is 3.77. The fourth-order valence-corrected chi connectivity index (χ4v) is 2.69. The van der Waals surface area contributed by atoms with Crippen molar-refractivity contribution in [2.45, 2.75) is 25.2 Å². The van der Waals surface area contributed by atoms with Crippen molar-refractivity contribution in [2.75, 3.05) is 13.7 Å². The monoisotopic (exact) mass is 241 g/mol. The molecule has 0 heterocycles. The Morgan fingerprint density at radius 2 is 2.19 bits per heavy atom. The number of methoxy groups -OCH3 is 1. The lowest BCUT2D eigenvalue weighted by Crippen LogP contribution is -2.21. The van der Waals surface area contributed by atoms with Gasteiger partial charge in [-0.05, 0) is 37.0 Å². The van der Waals surface area contributed by atoms with Crippen molar-refractivity contribution in [2.24, 2.45) is 5.73 Å². The number of rotatable bonds is 3. The van der Waals surface area contributed by atoms with E-state index < -0.39 is 0 Å². The van der Waals surface area contributed by atoms with E-state index in [0.29, 0.717) is 17.3 Å². The Morgan fingerprint density at radius 3 is 2.62 bits per heavy atom. The summed E-state index contributed by atoms with van der Waals surface area (Å²) in [4.78, 5) is 0. The molecule has 1 aromatic carbocycles. The van der Waals surface area contributed by atoms with Gasteiger partial charge < -0.3 is 15.6 Å². The van der Waals surface area contributed by atoms with Crippen LogP contribution in [0.4, 0.5) is 0 Å². The van der Waals surface area contributed by atoms with Gasteiger partial charge in [-0.1, -0.05) is 11.6 Å². The van der Waals surface area contributed by atoms with Crippen LogP contribution in [0.2, 0.25) is 5.02 Å². The minimum atomic E-state index is -0.0229. The molecular formula is C12H16ClNO2. The van der Waals surface area contributed by atoms with Gasteiger partial charge in [0.25, 0.3) is 0 Å². The molecule has 88 valence electrons. The maximum atomic E-state index is 9.89. The lowest BCUT2D eigenvalue weighted by atomic mass is 9.91. The van der Waals surface area contributed by atoms with Crippen LogP contribution in [0.15, 0.2) is 6.07 Å². The summed E-state index contributed by atoms with van der Waals surface area (Å²) < 4.78 is 5.06. The van der Waals surface area contributed by atoms with Gasteiger partial charge in [0.2, 0.25) is 0 Å². The molecule has 1 aliphatic carbocycles. The third kappa shape index (κ3) is 1.55. The van der Waals surface area contributed by atoms with Crippen molar-refractivity contribution in [3.05, 3.63) is 22.2 Å². The first-order valence-electron chi connectivity index (χ1n) is 5.32.